The molecule has 0 fully saturated rings. The first-order valence-corrected chi connectivity index (χ1v) is 7.65. The number of hydrogen-bond donors (Lipinski definition) is 1. The fraction of sp³-hybridized carbons (Fsp3) is 0.529. The zero-order chi connectivity index (χ0) is 19.0. The SMILES string of the molecule is C=CC(OC)[C@@H](O)[C@H](C)/C=C(/C)COCc1ncc(C(F)(F)F)cn1. The number of halogens is 3. The zero-order valence-corrected chi connectivity index (χ0v) is 14.5. The Kier molecular flexibility index (Phi) is 8.21. The molecule has 0 saturated carbocycles. The van der Waals surface area contributed by atoms with E-state index in [2.05, 4.69) is 16.5 Å². The van der Waals surface area contributed by atoms with Gasteiger partial charge in [0.1, 0.15) is 12.7 Å². The highest BCUT2D eigenvalue weighted by Gasteiger charge is 2.31. The average molecular weight is 360 g/mol. The monoisotopic (exact) mass is 360 g/mol. The molecule has 1 aromatic rings. The van der Waals surface area contributed by atoms with E-state index in [0.717, 1.165) is 18.0 Å². The molecule has 25 heavy (non-hydrogen) atoms. The van der Waals surface area contributed by atoms with E-state index in [-0.39, 0.29) is 25.0 Å². The predicted molar refractivity (Wildman–Crippen MR) is 86.6 cm³/mol. The Labute approximate surface area is 145 Å². The van der Waals surface area contributed by atoms with Crippen molar-refractivity contribution < 1.29 is 27.8 Å². The smallest absolute Gasteiger partial charge is 0.389 e. The van der Waals surface area contributed by atoms with Gasteiger partial charge < -0.3 is 14.6 Å². The second kappa shape index (κ2) is 9.65. The molecular formula is C17H23F3N2O3. The molecule has 0 bridgehead atoms. The summed E-state index contributed by atoms with van der Waals surface area (Å²) in [6, 6.07) is 0. The Balaban J connectivity index is 2.50. The molecule has 0 spiro atoms. The molecule has 3 atom stereocenters. The fourth-order valence-corrected chi connectivity index (χ4v) is 2.15. The van der Waals surface area contributed by atoms with Gasteiger partial charge >= 0.3 is 6.18 Å². The van der Waals surface area contributed by atoms with Crippen molar-refractivity contribution in [1.29, 1.82) is 0 Å². The Morgan fingerprint density at radius 1 is 1.36 bits per heavy atom. The highest BCUT2D eigenvalue weighted by atomic mass is 19.4. The molecule has 0 aromatic carbocycles. The van der Waals surface area contributed by atoms with Gasteiger partial charge in [-0.2, -0.15) is 13.2 Å². The van der Waals surface area contributed by atoms with Crippen LogP contribution in [0, 0.1) is 5.92 Å². The number of alkyl halides is 3. The van der Waals surface area contributed by atoms with Gasteiger partial charge in [0, 0.05) is 25.4 Å². The molecule has 8 heteroatoms. The van der Waals surface area contributed by atoms with Crippen LogP contribution in [0.4, 0.5) is 13.2 Å². The first kappa shape index (κ1) is 21.3. The van der Waals surface area contributed by atoms with Crippen molar-refractivity contribution in [2.75, 3.05) is 13.7 Å². The van der Waals surface area contributed by atoms with Crippen LogP contribution in [0.1, 0.15) is 25.2 Å². The standard InChI is InChI=1S/C17H23F3N2O3/c1-5-14(24-4)16(23)12(3)6-11(2)9-25-10-15-21-7-13(8-22-15)17(18,19)20/h5-8,12,14,16,23H,1,9-10H2,2-4H3/b11-6-/t12-,14?,16+/m1/s1. The van der Waals surface area contributed by atoms with Gasteiger partial charge in [-0.3, -0.25) is 0 Å². The van der Waals surface area contributed by atoms with Crippen molar-refractivity contribution in [3.8, 4) is 0 Å². The van der Waals surface area contributed by atoms with Gasteiger partial charge in [0.2, 0.25) is 0 Å². The third-order valence-corrected chi connectivity index (χ3v) is 3.52. The van der Waals surface area contributed by atoms with Gasteiger partial charge in [0.25, 0.3) is 0 Å². The van der Waals surface area contributed by atoms with Crippen molar-refractivity contribution in [2.24, 2.45) is 5.92 Å². The summed E-state index contributed by atoms with van der Waals surface area (Å²) in [6.45, 7) is 7.50. The molecule has 0 amide bonds. The number of hydrogen-bond acceptors (Lipinski definition) is 5. The molecule has 1 unspecified atom stereocenters. The van der Waals surface area contributed by atoms with Crippen LogP contribution in [0.2, 0.25) is 0 Å². The van der Waals surface area contributed by atoms with Crippen molar-refractivity contribution in [1.82, 2.24) is 9.97 Å². The van der Waals surface area contributed by atoms with Crippen LogP contribution in [-0.2, 0) is 22.3 Å². The van der Waals surface area contributed by atoms with Gasteiger partial charge in [-0.05, 0) is 6.92 Å². The highest BCUT2D eigenvalue weighted by Crippen LogP contribution is 2.27. The Morgan fingerprint density at radius 3 is 2.44 bits per heavy atom. The molecule has 1 aromatic heterocycles. The lowest BCUT2D eigenvalue weighted by atomic mass is 9.97. The summed E-state index contributed by atoms with van der Waals surface area (Å²) in [5.74, 6) is -0.0196. The maximum absolute atomic E-state index is 12.4. The third-order valence-electron chi connectivity index (χ3n) is 3.52. The van der Waals surface area contributed by atoms with Gasteiger partial charge in [-0.25, -0.2) is 9.97 Å². The summed E-state index contributed by atoms with van der Waals surface area (Å²) in [5.41, 5.74) is -0.0394. The number of methoxy groups -OCH3 is 1. The lowest BCUT2D eigenvalue weighted by molar-refractivity contribution is -0.138. The van der Waals surface area contributed by atoms with Crippen molar-refractivity contribution in [3.05, 3.63) is 48.1 Å². The van der Waals surface area contributed by atoms with Crippen LogP contribution in [0.5, 0.6) is 0 Å². The molecule has 140 valence electrons. The van der Waals surface area contributed by atoms with E-state index in [1.54, 1.807) is 0 Å². The molecule has 0 radical (unpaired) electrons. The molecule has 0 aliphatic heterocycles. The van der Waals surface area contributed by atoms with Crippen LogP contribution in [0.3, 0.4) is 0 Å². The summed E-state index contributed by atoms with van der Waals surface area (Å²) >= 11 is 0. The van der Waals surface area contributed by atoms with Crippen LogP contribution in [0.25, 0.3) is 0 Å². The zero-order valence-electron chi connectivity index (χ0n) is 14.5. The molecular weight excluding hydrogens is 337 g/mol. The number of ether oxygens (including phenoxy) is 2. The lowest BCUT2D eigenvalue weighted by Gasteiger charge is -2.22. The maximum Gasteiger partial charge on any atom is 0.419 e. The summed E-state index contributed by atoms with van der Waals surface area (Å²) in [4.78, 5) is 7.27. The largest absolute Gasteiger partial charge is 0.419 e. The van der Waals surface area contributed by atoms with Gasteiger partial charge in [0.05, 0.1) is 18.3 Å². The molecule has 0 saturated heterocycles. The number of nitrogens with zero attached hydrogens (tertiary/aromatic N) is 2. The predicted octanol–water partition coefficient (Wildman–Crippen LogP) is 3.16. The summed E-state index contributed by atoms with van der Waals surface area (Å²) < 4.78 is 47.8. The van der Waals surface area contributed by atoms with Gasteiger partial charge in [-0.15, -0.1) is 6.58 Å². The molecule has 5 nitrogen and oxygen atoms in total. The lowest BCUT2D eigenvalue weighted by Crippen LogP contribution is -2.31. The van der Waals surface area contributed by atoms with E-state index < -0.39 is 23.9 Å². The molecule has 0 aliphatic rings. The second-order valence-corrected chi connectivity index (χ2v) is 5.68. The van der Waals surface area contributed by atoms with E-state index in [9.17, 15) is 18.3 Å². The van der Waals surface area contributed by atoms with E-state index >= 15 is 0 Å². The van der Waals surface area contributed by atoms with E-state index in [1.165, 1.54) is 13.2 Å². The van der Waals surface area contributed by atoms with Gasteiger partial charge in [-0.1, -0.05) is 24.6 Å². The second-order valence-electron chi connectivity index (χ2n) is 5.68. The van der Waals surface area contributed by atoms with Crippen LogP contribution < -0.4 is 0 Å². The Bertz CT molecular complexity index is 573. The molecule has 1 N–H and O–H groups in total. The normalized spacial score (nSPS) is 16.4. The van der Waals surface area contributed by atoms with E-state index in [1.807, 2.05) is 19.9 Å². The molecule has 1 heterocycles. The highest BCUT2D eigenvalue weighted by molar-refractivity contribution is 5.09. The minimum atomic E-state index is -4.46. The molecule has 0 aliphatic carbocycles. The third kappa shape index (κ3) is 6.93. The maximum atomic E-state index is 12.4. The topological polar surface area (TPSA) is 64.5 Å². The number of aliphatic hydroxyl groups is 1. The first-order valence-electron chi connectivity index (χ1n) is 7.65. The van der Waals surface area contributed by atoms with E-state index in [0.29, 0.717) is 0 Å². The van der Waals surface area contributed by atoms with E-state index in [4.69, 9.17) is 9.47 Å². The van der Waals surface area contributed by atoms with Crippen molar-refractivity contribution >= 4 is 0 Å². The first-order chi connectivity index (χ1) is 11.7. The summed E-state index contributed by atoms with van der Waals surface area (Å²) in [5, 5.41) is 10.1. The number of rotatable bonds is 9. The quantitative estimate of drug-likeness (QED) is 0.686. The van der Waals surface area contributed by atoms with Crippen LogP contribution >= 0.6 is 0 Å². The Hall–Kier alpha value is -1.77. The molecule has 1 rings (SSSR count). The van der Waals surface area contributed by atoms with Crippen LogP contribution in [0.15, 0.2) is 36.7 Å². The summed E-state index contributed by atoms with van der Waals surface area (Å²) in [6.07, 6.45) is -0.839. The minimum absolute atomic E-state index is 0.00634. The van der Waals surface area contributed by atoms with Crippen molar-refractivity contribution in [3.63, 3.8) is 0 Å². The summed E-state index contributed by atoms with van der Waals surface area (Å²) in [7, 11) is 1.49. The fourth-order valence-electron chi connectivity index (χ4n) is 2.15. The number of aromatic nitrogens is 2. The minimum Gasteiger partial charge on any atom is -0.389 e. The average Bonchev–Trinajstić information content (AvgIpc) is 2.55. The number of aliphatic hydroxyl groups excluding tert-OH is 1. The Morgan fingerprint density at radius 2 is 1.96 bits per heavy atom. The van der Waals surface area contributed by atoms with Crippen molar-refractivity contribution in [2.45, 2.75) is 38.8 Å². The van der Waals surface area contributed by atoms with Gasteiger partial charge in [0.15, 0.2) is 5.82 Å². The van der Waals surface area contributed by atoms with Crippen LogP contribution in [-0.4, -0.2) is 41.0 Å².